The molecule has 5 heteroatoms. The molecule has 0 bridgehead atoms. The molecule has 3 unspecified atom stereocenters. The molecule has 0 spiro atoms. The van der Waals surface area contributed by atoms with E-state index in [1.54, 1.807) is 7.11 Å². The lowest BCUT2D eigenvalue weighted by molar-refractivity contribution is -0.703. The van der Waals surface area contributed by atoms with Crippen molar-refractivity contribution in [2.75, 3.05) is 7.11 Å². The third-order valence-corrected chi connectivity index (χ3v) is 8.86. The summed E-state index contributed by atoms with van der Waals surface area (Å²) < 4.78 is 10.2. The van der Waals surface area contributed by atoms with Crippen LogP contribution in [0.25, 0.3) is 60.4 Å². The van der Waals surface area contributed by atoms with Gasteiger partial charge in [0, 0.05) is 23.7 Å². The van der Waals surface area contributed by atoms with Gasteiger partial charge in [-0.25, -0.2) is 4.57 Å². The molecule has 9 rings (SSSR count). The number of fused-ring (bicyclic) bond motifs is 13. The minimum absolute atomic E-state index is 0.151. The van der Waals surface area contributed by atoms with Crippen LogP contribution in [0.15, 0.2) is 109 Å². The molecule has 0 amide bonds. The van der Waals surface area contributed by atoms with Crippen molar-refractivity contribution in [3.8, 4) is 16.9 Å². The highest BCUT2D eigenvalue weighted by molar-refractivity contribution is 6.18. The first-order valence-corrected chi connectivity index (χ1v) is 13.3. The molecule has 1 saturated carbocycles. The number of hydrogen-bond donors (Lipinski definition) is 1. The van der Waals surface area contributed by atoms with Crippen LogP contribution in [0, 0.1) is 0 Å². The predicted octanol–water partition coefficient (Wildman–Crippen LogP) is 6.43. The smallest absolute Gasteiger partial charge is 0.289 e. The first-order chi connectivity index (χ1) is 19.2. The maximum Gasteiger partial charge on any atom is 0.289 e. The van der Waals surface area contributed by atoms with Crippen LogP contribution >= 0.6 is 0 Å². The summed E-state index contributed by atoms with van der Waals surface area (Å²) in [6.07, 6.45) is 1.90. The number of ether oxygens (including phenoxy) is 1. The molecule has 0 saturated heterocycles. The molecule has 7 aromatic rings. The lowest BCUT2D eigenvalue weighted by Crippen LogP contribution is -2.41. The van der Waals surface area contributed by atoms with Gasteiger partial charge in [0.25, 0.3) is 12.0 Å². The molecular weight excluding hydrogens is 482 g/mol. The highest BCUT2D eigenvalue weighted by Gasteiger charge is 2.73. The van der Waals surface area contributed by atoms with E-state index in [0.29, 0.717) is 0 Å². The van der Waals surface area contributed by atoms with Gasteiger partial charge in [0.1, 0.15) is 11.1 Å². The Kier molecular flexibility index (Phi) is 3.99. The molecule has 3 atom stereocenters. The zero-order chi connectivity index (χ0) is 25.9. The standard InChI is InChI=1S/C34H24N3O2/c1-39-34(38)30-25-16-15-20-9-7-8-14-24(20)28(25)31-29-26-17-21-10-5-6-11-22(21)18-27(26)37(23-12-3-2-4-13-23)33(29)35-19-36(31)32(30)34/h2-19,30,32,38H,1H3/q+1. The van der Waals surface area contributed by atoms with Gasteiger partial charge in [0.05, 0.1) is 11.4 Å². The van der Waals surface area contributed by atoms with E-state index in [2.05, 4.69) is 106 Å². The Labute approximate surface area is 224 Å². The Hall–Kier alpha value is -4.58. The maximum atomic E-state index is 11.6. The number of aromatic nitrogens is 3. The van der Waals surface area contributed by atoms with Gasteiger partial charge in [-0.1, -0.05) is 78.9 Å². The van der Waals surface area contributed by atoms with Gasteiger partial charge in [-0.05, 0) is 56.4 Å². The number of hydrogen-bond acceptors (Lipinski definition) is 3. The second kappa shape index (κ2) is 7.29. The average Bonchev–Trinajstić information content (AvgIpc) is 3.50. The van der Waals surface area contributed by atoms with Crippen molar-refractivity contribution >= 4 is 43.5 Å². The summed E-state index contributed by atoms with van der Waals surface area (Å²) in [6, 6.07) is 36.1. The molecule has 186 valence electrons. The molecular formula is C34H24N3O2+. The van der Waals surface area contributed by atoms with Crippen LogP contribution in [0.3, 0.4) is 0 Å². The maximum absolute atomic E-state index is 11.6. The third-order valence-electron chi connectivity index (χ3n) is 8.86. The van der Waals surface area contributed by atoms with Crippen LogP contribution < -0.4 is 4.57 Å². The normalized spacial score (nSPS) is 21.3. The largest absolute Gasteiger partial charge is 0.362 e. The summed E-state index contributed by atoms with van der Waals surface area (Å²) in [6.45, 7) is 0. The molecule has 5 aromatic carbocycles. The van der Waals surface area contributed by atoms with Crippen LogP contribution in [0.5, 0.6) is 0 Å². The summed E-state index contributed by atoms with van der Waals surface area (Å²) in [5, 5.41) is 18.5. The highest BCUT2D eigenvalue weighted by Crippen LogP contribution is 2.64. The van der Waals surface area contributed by atoms with Gasteiger partial charge in [-0.2, -0.15) is 0 Å². The second-order valence-corrected chi connectivity index (χ2v) is 10.7. The van der Waals surface area contributed by atoms with Crippen LogP contribution in [0.1, 0.15) is 17.5 Å². The van der Waals surface area contributed by atoms with Crippen molar-refractivity contribution in [1.29, 1.82) is 0 Å². The van der Waals surface area contributed by atoms with E-state index in [1.807, 2.05) is 12.4 Å². The Morgan fingerprint density at radius 2 is 1.54 bits per heavy atom. The van der Waals surface area contributed by atoms with E-state index < -0.39 is 5.79 Å². The zero-order valence-electron chi connectivity index (χ0n) is 21.2. The fourth-order valence-corrected chi connectivity index (χ4v) is 7.07. The number of benzene rings is 5. The number of rotatable bonds is 2. The van der Waals surface area contributed by atoms with Crippen LogP contribution in [0.2, 0.25) is 0 Å². The molecule has 0 radical (unpaired) electrons. The quantitative estimate of drug-likeness (QED) is 0.217. The summed E-state index contributed by atoms with van der Waals surface area (Å²) in [5.74, 6) is -1.42. The Morgan fingerprint density at radius 1 is 0.821 bits per heavy atom. The van der Waals surface area contributed by atoms with Crippen molar-refractivity contribution < 1.29 is 14.4 Å². The second-order valence-electron chi connectivity index (χ2n) is 10.7. The molecule has 1 aliphatic carbocycles. The fourth-order valence-electron chi connectivity index (χ4n) is 7.07. The number of nitrogens with zero attached hydrogens (tertiary/aromatic N) is 3. The Morgan fingerprint density at radius 3 is 2.33 bits per heavy atom. The topological polar surface area (TPSA) is 51.2 Å². The fraction of sp³-hybridized carbons (Fsp3) is 0.118. The van der Waals surface area contributed by atoms with Gasteiger partial charge < -0.3 is 9.84 Å². The van der Waals surface area contributed by atoms with Gasteiger partial charge in [0.2, 0.25) is 5.79 Å². The Balaban J connectivity index is 1.53. The van der Waals surface area contributed by atoms with Crippen molar-refractivity contribution in [3.63, 3.8) is 0 Å². The van der Waals surface area contributed by atoms with Gasteiger partial charge in [0.15, 0.2) is 6.04 Å². The van der Waals surface area contributed by atoms with Gasteiger partial charge >= 0.3 is 0 Å². The monoisotopic (exact) mass is 506 g/mol. The minimum Gasteiger partial charge on any atom is -0.362 e. The SMILES string of the molecule is COC1(O)C2c3ccc4ccccc4c3-c3c4c5cc6ccccc6cc5n(-c5ccccc5)c4nc[n+]3C21. The van der Waals surface area contributed by atoms with E-state index >= 15 is 0 Å². The minimum atomic E-state index is -1.27. The summed E-state index contributed by atoms with van der Waals surface area (Å²) in [7, 11) is 1.60. The van der Waals surface area contributed by atoms with Crippen molar-refractivity contribution in [1.82, 2.24) is 9.55 Å². The van der Waals surface area contributed by atoms with E-state index in [9.17, 15) is 5.11 Å². The molecule has 2 aliphatic rings. The summed E-state index contributed by atoms with van der Waals surface area (Å²) in [5.41, 5.74) is 6.43. The van der Waals surface area contributed by atoms with Crippen LogP contribution in [0.4, 0.5) is 0 Å². The number of aliphatic hydroxyl groups is 1. The molecule has 1 N–H and O–H groups in total. The summed E-state index contributed by atoms with van der Waals surface area (Å²) >= 11 is 0. The van der Waals surface area contributed by atoms with Gasteiger partial charge in [-0.3, -0.25) is 4.57 Å². The highest BCUT2D eigenvalue weighted by atomic mass is 16.6. The van der Waals surface area contributed by atoms with E-state index in [0.717, 1.165) is 44.4 Å². The van der Waals surface area contributed by atoms with E-state index in [-0.39, 0.29) is 12.0 Å². The lowest BCUT2D eigenvalue weighted by atomic mass is 9.89. The number of para-hydroxylation sites is 1. The zero-order valence-corrected chi connectivity index (χ0v) is 21.2. The third kappa shape index (κ3) is 2.61. The van der Waals surface area contributed by atoms with Crippen molar-refractivity contribution in [2.45, 2.75) is 17.7 Å². The van der Waals surface area contributed by atoms with Crippen LogP contribution in [-0.2, 0) is 4.74 Å². The molecule has 2 aromatic heterocycles. The van der Waals surface area contributed by atoms with E-state index in [1.165, 1.54) is 21.5 Å². The molecule has 3 heterocycles. The Bertz CT molecular complexity index is 2150. The molecule has 1 fully saturated rings. The summed E-state index contributed by atoms with van der Waals surface area (Å²) in [4.78, 5) is 5.09. The molecule has 39 heavy (non-hydrogen) atoms. The van der Waals surface area contributed by atoms with Gasteiger partial charge in [-0.15, -0.1) is 0 Å². The first kappa shape index (κ1) is 21.4. The number of methoxy groups -OCH3 is 1. The molecule has 1 aliphatic heterocycles. The van der Waals surface area contributed by atoms with Crippen molar-refractivity contribution in [3.05, 3.63) is 115 Å². The van der Waals surface area contributed by atoms with Crippen LogP contribution in [-0.4, -0.2) is 27.6 Å². The lowest BCUT2D eigenvalue weighted by Gasteiger charge is -2.18. The van der Waals surface area contributed by atoms with E-state index in [4.69, 9.17) is 9.72 Å². The predicted molar refractivity (Wildman–Crippen MR) is 153 cm³/mol. The average molecular weight is 507 g/mol. The molecule has 5 nitrogen and oxygen atoms in total. The first-order valence-electron chi connectivity index (χ1n) is 13.3. The van der Waals surface area contributed by atoms with Crippen molar-refractivity contribution in [2.24, 2.45) is 0 Å².